The highest BCUT2D eigenvalue weighted by atomic mass is 16.3. The van der Waals surface area contributed by atoms with Crippen LogP contribution < -0.4 is 0 Å². The van der Waals surface area contributed by atoms with Crippen LogP contribution in [0, 0.1) is 0 Å². The van der Waals surface area contributed by atoms with E-state index in [-0.39, 0.29) is 11.8 Å². The predicted octanol–water partition coefficient (Wildman–Crippen LogP) is 1.45. The first-order valence-electron chi connectivity index (χ1n) is 6.54. The van der Waals surface area contributed by atoms with Crippen molar-refractivity contribution in [3.8, 4) is 11.4 Å². The van der Waals surface area contributed by atoms with Crippen LogP contribution in [0.2, 0.25) is 0 Å². The van der Waals surface area contributed by atoms with Crippen molar-refractivity contribution in [1.82, 2.24) is 9.97 Å². The second kappa shape index (κ2) is 3.85. The maximum absolute atomic E-state index is 9.99. The molecule has 2 N–H and O–H groups in total. The third-order valence-electron chi connectivity index (χ3n) is 4.31. The molecule has 1 fully saturated rings. The monoisotopic (exact) mass is 254 g/mol. The van der Waals surface area contributed by atoms with Crippen LogP contribution in [0.3, 0.4) is 0 Å². The van der Waals surface area contributed by atoms with E-state index in [1.54, 1.807) is 0 Å². The maximum Gasteiger partial charge on any atom is 0.159 e. The van der Waals surface area contributed by atoms with E-state index in [2.05, 4.69) is 9.97 Å². The Kier molecular flexibility index (Phi) is 2.25. The fraction of sp³-hybridized carbons (Fsp3) is 0.333. The molecule has 0 radical (unpaired) electrons. The summed E-state index contributed by atoms with van der Waals surface area (Å²) in [5, 5.41) is 19.9. The van der Waals surface area contributed by atoms with Crippen LogP contribution in [0.4, 0.5) is 0 Å². The van der Waals surface area contributed by atoms with Crippen molar-refractivity contribution in [3.63, 3.8) is 0 Å². The first kappa shape index (κ1) is 11.1. The van der Waals surface area contributed by atoms with Gasteiger partial charge in [0.25, 0.3) is 0 Å². The Hall–Kier alpha value is -1.78. The number of fused-ring (bicyclic) bond motifs is 5. The topological polar surface area (TPSA) is 66.2 Å². The van der Waals surface area contributed by atoms with E-state index in [4.69, 9.17) is 0 Å². The van der Waals surface area contributed by atoms with Gasteiger partial charge in [0.2, 0.25) is 0 Å². The zero-order chi connectivity index (χ0) is 13.0. The number of rotatable bonds is 1. The summed E-state index contributed by atoms with van der Waals surface area (Å²) in [6, 6.07) is 9.81. The molecule has 0 aliphatic heterocycles. The van der Waals surface area contributed by atoms with Crippen molar-refractivity contribution in [2.75, 3.05) is 0 Å². The third-order valence-corrected chi connectivity index (χ3v) is 4.31. The Labute approximate surface area is 110 Å². The van der Waals surface area contributed by atoms with Crippen LogP contribution in [0.5, 0.6) is 0 Å². The van der Waals surface area contributed by atoms with Crippen LogP contribution >= 0.6 is 0 Å². The molecular weight excluding hydrogens is 240 g/mol. The molecule has 2 aliphatic rings. The SMILES string of the molecule is O[C@@H]1[C@H](O)[C@@H]2C[C@H]1c1nc(-c3ccccc3)ncc12. The molecule has 1 aromatic heterocycles. The average Bonchev–Trinajstić information content (AvgIpc) is 2.97. The highest BCUT2D eigenvalue weighted by Crippen LogP contribution is 2.52. The molecular formula is C15H14N2O2. The van der Waals surface area contributed by atoms with E-state index in [1.165, 1.54) is 0 Å². The molecule has 0 saturated heterocycles. The summed E-state index contributed by atoms with van der Waals surface area (Å²) < 4.78 is 0. The first-order chi connectivity index (χ1) is 9.25. The summed E-state index contributed by atoms with van der Waals surface area (Å²) in [6.07, 6.45) is 1.24. The Balaban J connectivity index is 1.81. The molecule has 2 bridgehead atoms. The van der Waals surface area contributed by atoms with Gasteiger partial charge in [-0.05, 0) is 12.0 Å². The lowest BCUT2D eigenvalue weighted by atomic mass is 9.92. The molecule has 2 aliphatic carbocycles. The average molecular weight is 254 g/mol. The minimum absolute atomic E-state index is 0.000164. The van der Waals surface area contributed by atoms with Crippen LogP contribution in [-0.4, -0.2) is 32.4 Å². The summed E-state index contributed by atoms with van der Waals surface area (Å²) in [5.74, 6) is 0.647. The zero-order valence-electron chi connectivity index (χ0n) is 10.3. The van der Waals surface area contributed by atoms with Gasteiger partial charge in [-0.25, -0.2) is 9.97 Å². The van der Waals surface area contributed by atoms with Gasteiger partial charge in [0.1, 0.15) is 0 Å². The zero-order valence-corrected chi connectivity index (χ0v) is 10.3. The van der Waals surface area contributed by atoms with Gasteiger partial charge in [-0.3, -0.25) is 0 Å². The van der Waals surface area contributed by atoms with Gasteiger partial charge in [0.15, 0.2) is 5.82 Å². The lowest BCUT2D eigenvalue weighted by Gasteiger charge is -2.24. The van der Waals surface area contributed by atoms with E-state index in [9.17, 15) is 10.2 Å². The Morgan fingerprint density at radius 2 is 1.74 bits per heavy atom. The minimum Gasteiger partial charge on any atom is -0.390 e. The molecule has 4 rings (SSSR count). The highest BCUT2D eigenvalue weighted by molar-refractivity contribution is 5.56. The lowest BCUT2D eigenvalue weighted by Crippen LogP contribution is -2.31. The highest BCUT2D eigenvalue weighted by Gasteiger charge is 2.51. The molecule has 1 saturated carbocycles. The van der Waals surface area contributed by atoms with E-state index in [1.807, 2.05) is 36.5 Å². The van der Waals surface area contributed by atoms with Crippen LogP contribution in [0.1, 0.15) is 29.5 Å². The van der Waals surface area contributed by atoms with Crippen LogP contribution in [0.15, 0.2) is 36.5 Å². The van der Waals surface area contributed by atoms with Crippen LogP contribution in [-0.2, 0) is 0 Å². The van der Waals surface area contributed by atoms with Crippen molar-refractivity contribution in [1.29, 1.82) is 0 Å². The summed E-state index contributed by atoms with van der Waals surface area (Å²) in [7, 11) is 0. The van der Waals surface area contributed by atoms with Gasteiger partial charge in [-0.15, -0.1) is 0 Å². The molecule has 0 amide bonds. The molecule has 2 aromatic rings. The fourth-order valence-corrected chi connectivity index (χ4v) is 3.33. The number of hydrogen-bond donors (Lipinski definition) is 2. The molecule has 96 valence electrons. The number of nitrogens with zero attached hydrogens (tertiary/aromatic N) is 2. The quantitative estimate of drug-likeness (QED) is 0.808. The molecule has 4 heteroatoms. The van der Waals surface area contributed by atoms with Gasteiger partial charge in [-0.2, -0.15) is 0 Å². The van der Waals surface area contributed by atoms with E-state index in [0.29, 0.717) is 5.82 Å². The Bertz CT molecular complexity index is 629. The normalized spacial score (nSPS) is 31.5. The summed E-state index contributed by atoms with van der Waals surface area (Å²) in [4.78, 5) is 9.00. The number of aliphatic hydroxyl groups excluding tert-OH is 2. The summed E-state index contributed by atoms with van der Waals surface area (Å²) in [5.41, 5.74) is 2.89. The fourth-order valence-electron chi connectivity index (χ4n) is 3.33. The van der Waals surface area contributed by atoms with E-state index >= 15 is 0 Å². The minimum atomic E-state index is -0.684. The molecule has 0 unspecified atom stereocenters. The Morgan fingerprint density at radius 1 is 1.00 bits per heavy atom. The predicted molar refractivity (Wildman–Crippen MR) is 69.6 cm³/mol. The molecule has 4 nitrogen and oxygen atoms in total. The van der Waals surface area contributed by atoms with Gasteiger partial charge in [-0.1, -0.05) is 30.3 Å². The van der Waals surface area contributed by atoms with Gasteiger partial charge in [0.05, 0.1) is 17.9 Å². The largest absolute Gasteiger partial charge is 0.390 e. The Morgan fingerprint density at radius 3 is 2.53 bits per heavy atom. The van der Waals surface area contributed by atoms with Gasteiger partial charge >= 0.3 is 0 Å². The van der Waals surface area contributed by atoms with E-state index in [0.717, 1.165) is 23.2 Å². The lowest BCUT2D eigenvalue weighted by molar-refractivity contribution is 0.0207. The number of aromatic nitrogens is 2. The second-order valence-electron chi connectivity index (χ2n) is 5.33. The second-order valence-corrected chi connectivity index (χ2v) is 5.33. The smallest absolute Gasteiger partial charge is 0.159 e. The molecule has 1 heterocycles. The molecule has 0 spiro atoms. The number of aliphatic hydroxyl groups is 2. The van der Waals surface area contributed by atoms with Gasteiger partial charge in [0, 0.05) is 23.6 Å². The van der Waals surface area contributed by atoms with Crippen molar-refractivity contribution >= 4 is 0 Å². The standard InChI is InChI=1S/C15H14N2O2/c18-13-9-6-10(14(13)19)12-11(9)7-16-15(17-12)8-4-2-1-3-5-8/h1-5,7,9-10,13-14,18-19H,6H2/t9-,10+,13-,14+/m1/s1. The van der Waals surface area contributed by atoms with Crippen molar-refractivity contribution < 1.29 is 10.2 Å². The summed E-state index contributed by atoms with van der Waals surface area (Å²) >= 11 is 0. The van der Waals surface area contributed by atoms with Crippen LogP contribution in [0.25, 0.3) is 11.4 Å². The number of benzene rings is 1. The molecule has 19 heavy (non-hydrogen) atoms. The van der Waals surface area contributed by atoms with Crippen molar-refractivity contribution in [3.05, 3.63) is 47.8 Å². The van der Waals surface area contributed by atoms with Crippen molar-refractivity contribution in [2.45, 2.75) is 30.5 Å². The first-order valence-corrected chi connectivity index (χ1v) is 6.54. The van der Waals surface area contributed by atoms with Gasteiger partial charge < -0.3 is 10.2 Å². The van der Waals surface area contributed by atoms with Crippen molar-refractivity contribution in [2.24, 2.45) is 0 Å². The molecule has 1 aromatic carbocycles. The third kappa shape index (κ3) is 1.47. The molecule has 4 atom stereocenters. The number of hydrogen-bond acceptors (Lipinski definition) is 4. The maximum atomic E-state index is 9.99. The van der Waals surface area contributed by atoms with E-state index < -0.39 is 12.2 Å². The summed E-state index contributed by atoms with van der Waals surface area (Å²) in [6.45, 7) is 0.